The smallest absolute Gasteiger partial charge is 0.339 e. The molecular weight excluding hydrogens is 374 g/mol. The molecule has 0 saturated carbocycles. The van der Waals surface area contributed by atoms with Gasteiger partial charge in [-0.3, -0.25) is 4.79 Å². The van der Waals surface area contributed by atoms with E-state index in [0.29, 0.717) is 11.3 Å². The number of ketones is 1. The molecule has 28 heavy (non-hydrogen) atoms. The van der Waals surface area contributed by atoms with Crippen molar-refractivity contribution in [3.05, 3.63) is 89.5 Å². The number of carbonyl (C=O) groups is 1. The molecule has 1 aliphatic heterocycles. The minimum absolute atomic E-state index is 0.0610. The van der Waals surface area contributed by atoms with E-state index in [2.05, 4.69) is 5.32 Å². The quantitative estimate of drug-likeness (QED) is 0.670. The number of hydrogen-bond donors (Lipinski definition) is 1. The van der Waals surface area contributed by atoms with Crippen LogP contribution in [0.3, 0.4) is 0 Å². The highest BCUT2D eigenvalue weighted by atomic mass is 32.2. The molecule has 0 aliphatic carbocycles. The van der Waals surface area contributed by atoms with Gasteiger partial charge in [-0.05, 0) is 43.7 Å². The Bertz CT molecular complexity index is 1150. The molecule has 5 nitrogen and oxygen atoms in total. The van der Waals surface area contributed by atoms with Gasteiger partial charge in [-0.2, -0.15) is 8.42 Å². The number of anilines is 1. The highest BCUT2D eigenvalue weighted by Crippen LogP contribution is 2.44. The molecule has 1 heterocycles. The summed E-state index contributed by atoms with van der Waals surface area (Å²) in [6, 6.07) is 20.6. The Morgan fingerprint density at radius 2 is 1.57 bits per heavy atom. The van der Waals surface area contributed by atoms with Gasteiger partial charge in [-0.15, -0.1) is 0 Å². The highest BCUT2D eigenvalue weighted by Gasteiger charge is 2.44. The molecule has 0 radical (unpaired) electrons. The van der Waals surface area contributed by atoms with Crippen molar-refractivity contribution in [3.8, 4) is 5.75 Å². The molecule has 3 aromatic carbocycles. The van der Waals surface area contributed by atoms with Crippen molar-refractivity contribution in [3.63, 3.8) is 0 Å². The summed E-state index contributed by atoms with van der Waals surface area (Å²) in [7, 11) is -4.02. The monoisotopic (exact) mass is 393 g/mol. The van der Waals surface area contributed by atoms with Gasteiger partial charge < -0.3 is 9.50 Å². The number of benzene rings is 3. The van der Waals surface area contributed by atoms with Crippen LogP contribution in [0, 0.1) is 6.92 Å². The molecule has 0 bridgehead atoms. The fourth-order valence-electron chi connectivity index (χ4n) is 3.34. The topological polar surface area (TPSA) is 72.5 Å². The molecule has 3 aromatic rings. The molecule has 142 valence electrons. The molecule has 0 amide bonds. The second-order valence-corrected chi connectivity index (χ2v) is 8.52. The zero-order valence-electron chi connectivity index (χ0n) is 15.5. The third-order valence-electron chi connectivity index (χ3n) is 4.96. The first-order valence-electron chi connectivity index (χ1n) is 8.84. The zero-order valence-corrected chi connectivity index (χ0v) is 16.3. The predicted molar refractivity (Wildman–Crippen MR) is 107 cm³/mol. The Labute approximate surface area is 164 Å². The Balaban J connectivity index is 1.73. The number of para-hydroxylation sites is 1. The molecule has 4 rings (SSSR count). The van der Waals surface area contributed by atoms with E-state index in [4.69, 9.17) is 4.18 Å². The van der Waals surface area contributed by atoms with Crippen LogP contribution in [0.15, 0.2) is 77.7 Å². The van der Waals surface area contributed by atoms with Crippen molar-refractivity contribution in [2.45, 2.75) is 24.3 Å². The summed E-state index contributed by atoms with van der Waals surface area (Å²) in [5, 5.41) is 3.19. The van der Waals surface area contributed by atoms with E-state index in [9.17, 15) is 13.2 Å². The van der Waals surface area contributed by atoms with E-state index in [1.807, 2.05) is 37.3 Å². The average Bonchev–Trinajstić information content (AvgIpc) is 2.96. The molecule has 0 fully saturated rings. The van der Waals surface area contributed by atoms with Crippen LogP contribution < -0.4 is 9.50 Å². The van der Waals surface area contributed by atoms with Crippen LogP contribution in [0.2, 0.25) is 0 Å². The number of aryl methyl sites for hydroxylation is 1. The maximum atomic E-state index is 13.1. The third-order valence-corrected chi connectivity index (χ3v) is 6.21. The standard InChI is InChI=1S/C22H19NO4S/c1-15-11-13-17(14-12-15)28(25,26)27-19-10-6-9-18-20(19)23-22(2,21(18)24)16-7-4-3-5-8-16/h3-14,23H,1-2H3. The van der Waals surface area contributed by atoms with Gasteiger partial charge in [-0.1, -0.05) is 54.1 Å². The maximum absolute atomic E-state index is 13.1. The van der Waals surface area contributed by atoms with Gasteiger partial charge in [0.25, 0.3) is 0 Å². The van der Waals surface area contributed by atoms with Gasteiger partial charge in [-0.25, -0.2) is 0 Å². The van der Waals surface area contributed by atoms with E-state index < -0.39 is 15.7 Å². The van der Waals surface area contributed by atoms with Crippen molar-refractivity contribution < 1.29 is 17.4 Å². The summed E-state index contributed by atoms with van der Waals surface area (Å²) in [6.45, 7) is 3.66. The minimum Gasteiger partial charge on any atom is -0.377 e. The normalized spacial score (nSPS) is 18.4. The first-order valence-corrected chi connectivity index (χ1v) is 10.2. The van der Waals surface area contributed by atoms with Gasteiger partial charge >= 0.3 is 10.1 Å². The highest BCUT2D eigenvalue weighted by molar-refractivity contribution is 7.87. The first kappa shape index (κ1) is 18.3. The lowest BCUT2D eigenvalue weighted by atomic mass is 9.88. The Morgan fingerprint density at radius 3 is 2.25 bits per heavy atom. The first-order chi connectivity index (χ1) is 13.3. The van der Waals surface area contributed by atoms with Crippen LogP contribution in [-0.2, 0) is 15.7 Å². The fourth-order valence-corrected chi connectivity index (χ4v) is 4.28. The van der Waals surface area contributed by atoms with Crippen LogP contribution in [0.1, 0.15) is 28.4 Å². The largest absolute Gasteiger partial charge is 0.377 e. The van der Waals surface area contributed by atoms with Crippen LogP contribution in [0.5, 0.6) is 5.75 Å². The SMILES string of the molecule is Cc1ccc(S(=O)(=O)Oc2cccc3c2NC(C)(c2ccccc2)C3=O)cc1. The van der Waals surface area contributed by atoms with Gasteiger partial charge in [0.15, 0.2) is 11.5 Å². The van der Waals surface area contributed by atoms with Crippen molar-refractivity contribution in [2.75, 3.05) is 5.32 Å². The average molecular weight is 393 g/mol. The van der Waals surface area contributed by atoms with Crippen molar-refractivity contribution in [1.29, 1.82) is 0 Å². The Kier molecular flexibility index (Phi) is 4.23. The fraction of sp³-hybridized carbons (Fsp3) is 0.136. The zero-order chi connectivity index (χ0) is 19.9. The summed E-state index contributed by atoms with van der Waals surface area (Å²) in [5.41, 5.74) is 1.54. The number of Topliss-reactive ketones (excluding diaryl/α,β-unsaturated/α-hetero) is 1. The molecule has 1 aliphatic rings. The lowest BCUT2D eigenvalue weighted by Gasteiger charge is -2.24. The van der Waals surface area contributed by atoms with E-state index in [1.54, 1.807) is 37.3 Å². The van der Waals surface area contributed by atoms with E-state index in [-0.39, 0.29) is 16.4 Å². The minimum atomic E-state index is -4.02. The number of nitrogens with one attached hydrogen (secondary N) is 1. The Morgan fingerprint density at radius 1 is 0.893 bits per heavy atom. The molecular formula is C22H19NO4S. The summed E-state index contributed by atoms with van der Waals surface area (Å²) < 4.78 is 30.8. The molecule has 1 N–H and O–H groups in total. The summed E-state index contributed by atoms with van der Waals surface area (Å²) >= 11 is 0. The molecule has 1 unspecified atom stereocenters. The van der Waals surface area contributed by atoms with Crippen LogP contribution in [0.4, 0.5) is 5.69 Å². The Hall–Kier alpha value is -3.12. The number of fused-ring (bicyclic) bond motifs is 1. The molecule has 0 aromatic heterocycles. The lowest BCUT2D eigenvalue weighted by Crippen LogP contribution is -2.34. The lowest BCUT2D eigenvalue weighted by molar-refractivity contribution is 0.0928. The van der Waals surface area contributed by atoms with Crippen molar-refractivity contribution in [1.82, 2.24) is 0 Å². The third kappa shape index (κ3) is 2.96. The molecule has 1 atom stereocenters. The van der Waals surface area contributed by atoms with Gasteiger partial charge in [0, 0.05) is 5.56 Å². The molecule has 0 spiro atoms. The second-order valence-electron chi connectivity index (χ2n) is 6.97. The summed E-state index contributed by atoms with van der Waals surface area (Å²) in [4.78, 5) is 13.1. The van der Waals surface area contributed by atoms with Crippen molar-refractivity contribution >= 4 is 21.6 Å². The number of rotatable bonds is 4. The molecule has 6 heteroatoms. The van der Waals surface area contributed by atoms with Crippen LogP contribution in [-0.4, -0.2) is 14.2 Å². The predicted octanol–water partition coefficient (Wildman–Crippen LogP) is 4.29. The second kappa shape index (κ2) is 6.49. The van der Waals surface area contributed by atoms with Gasteiger partial charge in [0.1, 0.15) is 10.4 Å². The summed E-state index contributed by atoms with van der Waals surface area (Å²) in [5.74, 6) is -0.0297. The summed E-state index contributed by atoms with van der Waals surface area (Å²) in [6.07, 6.45) is 0. The van der Waals surface area contributed by atoms with Crippen LogP contribution >= 0.6 is 0 Å². The number of carbonyl (C=O) groups excluding carboxylic acids is 1. The van der Waals surface area contributed by atoms with E-state index in [0.717, 1.165) is 11.1 Å². The number of hydrogen-bond acceptors (Lipinski definition) is 5. The van der Waals surface area contributed by atoms with Gasteiger partial charge in [0.2, 0.25) is 0 Å². The van der Waals surface area contributed by atoms with Gasteiger partial charge in [0.05, 0.1) is 5.69 Å². The van der Waals surface area contributed by atoms with Crippen LogP contribution in [0.25, 0.3) is 0 Å². The van der Waals surface area contributed by atoms with E-state index in [1.165, 1.54) is 12.1 Å². The van der Waals surface area contributed by atoms with E-state index >= 15 is 0 Å². The maximum Gasteiger partial charge on any atom is 0.339 e. The molecule has 0 saturated heterocycles. The van der Waals surface area contributed by atoms with Crippen molar-refractivity contribution in [2.24, 2.45) is 0 Å².